The summed E-state index contributed by atoms with van der Waals surface area (Å²) in [5.41, 5.74) is 4.02. The molecular weight excluding hydrogens is 292 g/mol. The van der Waals surface area contributed by atoms with Crippen LogP contribution in [0.3, 0.4) is 0 Å². The average molecular weight is 305 g/mol. The predicted octanol–water partition coefficient (Wildman–Crippen LogP) is 2.91. The largest absolute Gasteiger partial charge is 0.504 e. The van der Waals surface area contributed by atoms with Crippen molar-refractivity contribution in [3.63, 3.8) is 0 Å². The molecule has 0 radical (unpaired) electrons. The number of phenolic OH excluding ortho intramolecular Hbond substituents is 2. The number of amides is 1. The minimum Gasteiger partial charge on any atom is -0.504 e. The molecule has 0 bridgehead atoms. The van der Waals surface area contributed by atoms with Crippen LogP contribution in [0.5, 0.6) is 11.5 Å². The number of hydrogen-bond donors (Lipinski definition) is 3. The standard InChI is InChI=1S/C15H13ClN2O3/c1-9(10-2-5-12(16)6-3-10)17-18-15(21)11-4-7-13(19)14(20)8-11/h2-8,19-20H,1H3,(H,18,21)/b17-9+. The lowest BCUT2D eigenvalue weighted by atomic mass is 10.1. The van der Waals surface area contributed by atoms with E-state index < -0.39 is 5.91 Å². The predicted molar refractivity (Wildman–Crippen MR) is 80.9 cm³/mol. The topological polar surface area (TPSA) is 81.9 Å². The zero-order valence-electron chi connectivity index (χ0n) is 11.2. The highest BCUT2D eigenvalue weighted by atomic mass is 35.5. The van der Waals surface area contributed by atoms with Gasteiger partial charge in [-0.2, -0.15) is 5.10 Å². The van der Waals surface area contributed by atoms with E-state index in [1.54, 1.807) is 31.2 Å². The van der Waals surface area contributed by atoms with Crippen LogP contribution in [0.4, 0.5) is 0 Å². The van der Waals surface area contributed by atoms with E-state index in [0.717, 1.165) is 11.6 Å². The Morgan fingerprint density at radius 1 is 1.05 bits per heavy atom. The first-order valence-corrected chi connectivity index (χ1v) is 6.47. The van der Waals surface area contributed by atoms with Crippen molar-refractivity contribution in [3.8, 4) is 11.5 Å². The maximum atomic E-state index is 11.9. The smallest absolute Gasteiger partial charge is 0.271 e. The van der Waals surface area contributed by atoms with E-state index in [-0.39, 0.29) is 17.1 Å². The lowest BCUT2D eigenvalue weighted by molar-refractivity contribution is 0.0954. The van der Waals surface area contributed by atoms with Crippen LogP contribution in [0.25, 0.3) is 0 Å². The summed E-state index contributed by atoms with van der Waals surface area (Å²) in [6.07, 6.45) is 0. The molecule has 0 fully saturated rings. The zero-order chi connectivity index (χ0) is 15.4. The van der Waals surface area contributed by atoms with Crippen LogP contribution < -0.4 is 5.43 Å². The minimum atomic E-state index is -0.487. The van der Waals surface area contributed by atoms with E-state index in [0.29, 0.717) is 10.7 Å². The van der Waals surface area contributed by atoms with Crippen molar-refractivity contribution >= 4 is 23.2 Å². The SMILES string of the molecule is C/C(=N\NC(=O)c1ccc(O)c(O)c1)c1ccc(Cl)cc1. The van der Waals surface area contributed by atoms with Crippen molar-refractivity contribution in [2.75, 3.05) is 0 Å². The summed E-state index contributed by atoms with van der Waals surface area (Å²) < 4.78 is 0. The Kier molecular flexibility index (Phi) is 4.45. The van der Waals surface area contributed by atoms with Crippen LogP contribution in [0.15, 0.2) is 47.6 Å². The third-order valence-corrected chi connectivity index (χ3v) is 3.08. The summed E-state index contributed by atoms with van der Waals surface area (Å²) >= 11 is 5.80. The lowest BCUT2D eigenvalue weighted by Crippen LogP contribution is -2.19. The van der Waals surface area contributed by atoms with E-state index >= 15 is 0 Å². The Morgan fingerprint density at radius 2 is 1.67 bits per heavy atom. The molecule has 0 atom stereocenters. The number of carbonyl (C=O) groups excluding carboxylic acids is 1. The number of hydrazone groups is 1. The van der Waals surface area contributed by atoms with E-state index in [1.165, 1.54) is 12.1 Å². The summed E-state index contributed by atoms with van der Waals surface area (Å²) in [4.78, 5) is 11.9. The third-order valence-electron chi connectivity index (χ3n) is 2.82. The van der Waals surface area contributed by atoms with E-state index in [1.807, 2.05) is 0 Å². The van der Waals surface area contributed by atoms with Crippen molar-refractivity contribution < 1.29 is 15.0 Å². The van der Waals surface area contributed by atoms with Crippen LogP contribution in [0.2, 0.25) is 5.02 Å². The molecule has 0 unspecified atom stereocenters. The minimum absolute atomic E-state index is 0.193. The number of benzene rings is 2. The van der Waals surface area contributed by atoms with Crippen molar-refractivity contribution in [2.24, 2.45) is 5.10 Å². The summed E-state index contributed by atoms with van der Waals surface area (Å²) in [6.45, 7) is 1.75. The Morgan fingerprint density at radius 3 is 2.29 bits per heavy atom. The van der Waals surface area contributed by atoms with Gasteiger partial charge in [0.2, 0.25) is 0 Å². The van der Waals surface area contributed by atoms with Crippen LogP contribution in [-0.4, -0.2) is 21.8 Å². The van der Waals surface area contributed by atoms with Crippen LogP contribution >= 0.6 is 11.6 Å². The number of carbonyl (C=O) groups is 1. The molecule has 2 aromatic rings. The van der Waals surface area contributed by atoms with Gasteiger partial charge >= 0.3 is 0 Å². The molecule has 2 aromatic carbocycles. The van der Waals surface area contributed by atoms with Crippen molar-refractivity contribution in [1.82, 2.24) is 5.43 Å². The number of hydrogen-bond acceptors (Lipinski definition) is 4. The number of halogens is 1. The van der Waals surface area contributed by atoms with Gasteiger partial charge in [0.25, 0.3) is 5.91 Å². The summed E-state index contributed by atoms with van der Waals surface area (Å²) in [6, 6.07) is 10.8. The summed E-state index contributed by atoms with van der Waals surface area (Å²) in [5.74, 6) is -1.13. The van der Waals surface area contributed by atoms with Gasteiger partial charge in [0.05, 0.1) is 5.71 Å². The first kappa shape index (κ1) is 14.9. The maximum absolute atomic E-state index is 11.9. The lowest BCUT2D eigenvalue weighted by Gasteiger charge is -2.04. The van der Waals surface area contributed by atoms with E-state index in [9.17, 15) is 15.0 Å². The molecule has 0 saturated carbocycles. The number of rotatable bonds is 3. The molecule has 0 aliphatic rings. The second kappa shape index (κ2) is 6.28. The first-order chi connectivity index (χ1) is 9.97. The molecule has 3 N–H and O–H groups in total. The molecule has 0 aromatic heterocycles. The molecule has 5 nitrogen and oxygen atoms in total. The van der Waals surface area contributed by atoms with Crippen LogP contribution in [0, 0.1) is 0 Å². The van der Waals surface area contributed by atoms with Gasteiger partial charge in [-0.15, -0.1) is 0 Å². The van der Waals surface area contributed by atoms with Gasteiger partial charge < -0.3 is 10.2 Å². The molecule has 0 heterocycles. The molecular formula is C15H13ClN2O3. The number of aromatic hydroxyl groups is 2. The average Bonchev–Trinajstić information content (AvgIpc) is 2.48. The fourth-order valence-corrected chi connectivity index (χ4v) is 1.75. The summed E-state index contributed by atoms with van der Waals surface area (Å²) in [7, 11) is 0. The number of nitrogens with zero attached hydrogens (tertiary/aromatic N) is 1. The van der Waals surface area contributed by atoms with Crippen LogP contribution in [0.1, 0.15) is 22.8 Å². The van der Waals surface area contributed by atoms with E-state index in [4.69, 9.17) is 11.6 Å². The molecule has 6 heteroatoms. The number of phenols is 2. The fraction of sp³-hybridized carbons (Fsp3) is 0.0667. The van der Waals surface area contributed by atoms with Crippen LogP contribution in [-0.2, 0) is 0 Å². The van der Waals surface area contributed by atoms with E-state index in [2.05, 4.69) is 10.5 Å². The van der Waals surface area contributed by atoms with Crippen molar-refractivity contribution in [1.29, 1.82) is 0 Å². The second-order valence-corrected chi connectivity index (χ2v) is 4.78. The normalized spacial score (nSPS) is 11.2. The van der Waals surface area contributed by atoms with Gasteiger partial charge in [0.15, 0.2) is 11.5 Å². The monoisotopic (exact) mass is 304 g/mol. The highest BCUT2D eigenvalue weighted by molar-refractivity contribution is 6.30. The molecule has 2 rings (SSSR count). The summed E-state index contributed by atoms with van der Waals surface area (Å²) in [5, 5.41) is 23.1. The number of nitrogens with one attached hydrogen (secondary N) is 1. The zero-order valence-corrected chi connectivity index (χ0v) is 11.9. The molecule has 0 saturated heterocycles. The van der Waals surface area contributed by atoms with Gasteiger partial charge in [0.1, 0.15) is 0 Å². The quantitative estimate of drug-likeness (QED) is 0.463. The van der Waals surface area contributed by atoms with Crippen molar-refractivity contribution in [3.05, 3.63) is 58.6 Å². The highest BCUT2D eigenvalue weighted by Gasteiger charge is 2.08. The first-order valence-electron chi connectivity index (χ1n) is 6.10. The Labute approximate surface area is 126 Å². The van der Waals surface area contributed by atoms with Gasteiger partial charge in [-0.25, -0.2) is 5.43 Å². The molecule has 0 spiro atoms. The fourth-order valence-electron chi connectivity index (χ4n) is 1.62. The molecule has 21 heavy (non-hydrogen) atoms. The Balaban J connectivity index is 2.10. The Bertz CT molecular complexity index is 697. The second-order valence-electron chi connectivity index (χ2n) is 4.35. The van der Waals surface area contributed by atoms with Gasteiger partial charge in [0, 0.05) is 10.6 Å². The third kappa shape index (κ3) is 3.73. The highest BCUT2D eigenvalue weighted by Crippen LogP contribution is 2.24. The molecule has 108 valence electrons. The van der Waals surface area contributed by atoms with Gasteiger partial charge in [-0.3, -0.25) is 4.79 Å². The van der Waals surface area contributed by atoms with Gasteiger partial charge in [-0.05, 0) is 42.8 Å². The maximum Gasteiger partial charge on any atom is 0.271 e. The molecule has 0 aliphatic heterocycles. The Hall–Kier alpha value is -2.53. The van der Waals surface area contributed by atoms with Gasteiger partial charge in [-0.1, -0.05) is 23.7 Å². The molecule has 0 aliphatic carbocycles. The molecule has 1 amide bonds. The van der Waals surface area contributed by atoms with Crippen molar-refractivity contribution in [2.45, 2.75) is 6.92 Å².